The van der Waals surface area contributed by atoms with Crippen molar-refractivity contribution in [2.24, 2.45) is 0 Å². The van der Waals surface area contributed by atoms with Crippen LogP contribution in [0, 0.1) is 0 Å². The molecule has 3 aromatic carbocycles. The molecule has 1 aliphatic heterocycles. The molecule has 0 saturated heterocycles. The second-order valence-electron chi connectivity index (χ2n) is 8.51. The second-order valence-corrected chi connectivity index (χ2v) is 8.51. The molecule has 0 amide bonds. The number of ether oxygens (including phenoxy) is 1. The first-order valence-corrected chi connectivity index (χ1v) is 11.3. The Hall–Kier alpha value is -3.67. The van der Waals surface area contributed by atoms with E-state index in [0.29, 0.717) is 6.42 Å². The number of aromatic amines is 1. The third kappa shape index (κ3) is 4.28. The van der Waals surface area contributed by atoms with Crippen molar-refractivity contribution in [3.63, 3.8) is 0 Å². The highest BCUT2D eigenvalue weighted by molar-refractivity contribution is 5.85. The van der Waals surface area contributed by atoms with Gasteiger partial charge in [-0.15, -0.1) is 0 Å². The van der Waals surface area contributed by atoms with Crippen molar-refractivity contribution >= 4 is 10.9 Å². The van der Waals surface area contributed by atoms with Crippen LogP contribution < -0.4 is 4.74 Å². The monoisotopic (exact) mass is 462 g/mol. The molecule has 1 atom stereocenters. The number of halogens is 3. The van der Waals surface area contributed by atoms with Crippen LogP contribution in [-0.2, 0) is 19.0 Å². The first-order valence-electron chi connectivity index (χ1n) is 11.3. The lowest BCUT2D eigenvalue weighted by Crippen LogP contribution is -2.32. The highest BCUT2D eigenvalue weighted by atomic mass is 19.4. The van der Waals surface area contributed by atoms with E-state index in [0.717, 1.165) is 47.5 Å². The van der Waals surface area contributed by atoms with Gasteiger partial charge in [0, 0.05) is 23.1 Å². The van der Waals surface area contributed by atoms with Crippen LogP contribution in [0.2, 0.25) is 0 Å². The van der Waals surface area contributed by atoms with Gasteiger partial charge in [-0.25, -0.2) is 0 Å². The molecule has 0 aliphatic carbocycles. The summed E-state index contributed by atoms with van der Waals surface area (Å²) in [6, 6.07) is 21.8. The molecule has 0 saturated carbocycles. The predicted octanol–water partition coefficient (Wildman–Crippen LogP) is 6.90. The van der Waals surface area contributed by atoms with E-state index in [1.807, 2.05) is 24.3 Å². The number of fused-ring (bicyclic) bond motifs is 3. The molecule has 0 spiro atoms. The summed E-state index contributed by atoms with van der Waals surface area (Å²) in [5, 5.41) is 1.25. The van der Waals surface area contributed by atoms with Crippen molar-refractivity contribution in [2.75, 3.05) is 13.7 Å². The zero-order chi connectivity index (χ0) is 23.7. The topological polar surface area (TPSA) is 28.3 Å². The molecule has 0 bridgehead atoms. The molecule has 2 heterocycles. The standard InChI is InChI=1S/C28H25F3N2O/c1-34-22-14-10-20(11-15-22)27-26-24(23-6-2-3-7-25(23)32-26)16-18-33(27)17-4-5-19-8-12-21(13-9-19)28(29,30)31/h2-4,6-15,17,27,32H,5,16,18H2,1H3/b17-4+. The highest BCUT2D eigenvalue weighted by Crippen LogP contribution is 2.39. The van der Waals surface area contributed by atoms with E-state index in [1.165, 1.54) is 16.6 Å². The van der Waals surface area contributed by atoms with Crippen LogP contribution >= 0.6 is 0 Å². The molecule has 5 rings (SSSR count). The smallest absolute Gasteiger partial charge is 0.416 e. The van der Waals surface area contributed by atoms with Gasteiger partial charge in [-0.1, -0.05) is 48.5 Å². The fraction of sp³-hybridized carbons (Fsp3) is 0.214. The van der Waals surface area contributed by atoms with Crippen molar-refractivity contribution in [3.05, 3.63) is 113 Å². The van der Waals surface area contributed by atoms with E-state index < -0.39 is 11.7 Å². The number of benzene rings is 3. The van der Waals surface area contributed by atoms with Gasteiger partial charge in [0.15, 0.2) is 0 Å². The number of para-hydroxylation sites is 1. The van der Waals surface area contributed by atoms with Gasteiger partial charge in [0.1, 0.15) is 5.75 Å². The van der Waals surface area contributed by atoms with Gasteiger partial charge >= 0.3 is 6.18 Å². The highest BCUT2D eigenvalue weighted by Gasteiger charge is 2.31. The quantitative estimate of drug-likeness (QED) is 0.349. The third-order valence-electron chi connectivity index (χ3n) is 6.43. The van der Waals surface area contributed by atoms with Gasteiger partial charge in [-0.3, -0.25) is 0 Å². The molecular weight excluding hydrogens is 437 g/mol. The Morgan fingerprint density at radius 1 is 1.00 bits per heavy atom. The molecule has 0 fully saturated rings. The van der Waals surface area contributed by atoms with E-state index in [9.17, 15) is 13.2 Å². The number of H-pyrrole nitrogens is 1. The molecule has 3 nitrogen and oxygen atoms in total. The summed E-state index contributed by atoms with van der Waals surface area (Å²) in [7, 11) is 1.65. The van der Waals surface area contributed by atoms with Crippen LogP contribution in [0.3, 0.4) is 0 Å². The normalized spacial score (nSPS) is 16.2. The minimum Gasteiger partial charge on any atom is -0.497 e. The van der Waals surface area contributed by atoms with E-state index >= 15 is 0 Å². The van der Waals surface area contributed by atoms with E-state index in [-0.39, 0.29) is 6.04 Å². The summed E-state index contributed by atoms with van der Waals surface area (Å²) >= 11 is 0. The molecule has 1 N–H and O–H groups in total. The summed E-state index contributed by atoms with van der Waals surface area (Å²) in [5.41, 5.74) is 5.01. The Balaban J connectivity index is 1.44. The number of allylic oxidation sites excluding steroid dienone is 1. The van der Waals surface area contributed by atoms with Gasteiger partial charge in [-0.05, 0) is 66.1 Å². The van der Waals surface area contributed by atoms with Gasteiger partial charge in [0.25, 0.3) is 0 Å². The van der Waals surface area contributed by atoms with Gasteiger partial charge < -0.3 is 14.6 Å². The fourth-order valence-electron chi connectivity index (χ4n) is 4.72. The minimum atomic E-state index is -4.31. The zero-order valence-electron chi connectivity index (χ0n) is 18.8. The predicted molar refractivity (Wildman–Crippen MR) is 128 cm³/mol. The zero-order valence-corrected chi connectivity index (χ0v) is 18.8. The van der Waals surface area contributed by atoms with Gasteiger partial charge in [0.2, 0.25) is 0 Å². The lowest BCUT2D eigenvalue weighted by Gasteiger charge is -2.35. The van der Waals surface area contributed by atoms with Crippen molar-refractivity contribution in [2.45, 2.75) is 25.1 Å². The Kier molecular flexibility index (Phi) is 5.82. The van der Waals surface area contributed by atoms with Crippen molar-refractivity contribution in [1.29, 1.82) is 0 Å². The molecule has 6 heteroatoms. The van der Waals surface area contributed by atoms with Crippen LogP contribution in [0.4, 0.5) is 13.2 Å². The molecule has 0 radical (unpaired) electrons. The Morgan fingerprint density at radius 3 is 2.44 bits per heavy atom. The van der Waals surface area contributed by atoms with Crippen LogP contribution in [0.15, 0.2) is 85.1 Å². The van der Waals surface area contributed by atoms with Crippen molar-refractivity contribution < 1.29 is 17.9 Å². The maximum Gasteiger partial charge on any atom is 0.416 e. The van der Waals surface area contributed by atoms with Crippen molar-refractivity contribution in [3.8, 4) is 5.75 Å². The number of nitrogens with one attached hydrogen (secondary N) is 1. The maximum atomic E-state index is 12.8. The van der Waals surface area contributed by atoms with Gasteiger partial charge in [-0.2, -0.15) is 13.2 Å². The maximum absolute atomic E-state index is 12.8. The molecule has 174 valence electrons. The number of methoxy groups -OCH3 is 1. The SMILES string of the molecule is COc1ccc(C2c3[nH]c4ccccc4c3CCN2/C=C/Cc2ccc(C(F)(F)F)cc2)cc1. The van der Waals surface area contributed by atoms with E-state index in [2.05, 4.69) is 46.4 Å². The van der Waals surface area contributed by atoms with Crippen LogP contribution in [0.5, 0.6) is 5.75 Å². The molecule has 4 aromatic rings. The summed E-state index contributed by atoms with van der Waals surface area (Å²) in [5.74, 6) is 0.806. The summed E-state index contributed by atoms with van der Waals surface area (Å²) in [6.45, 7) is 0.842. The van der Waals surface area contributed by atoms with Crippen LogP contribution in [0.25, 0.3) is 10.9 Å². The summed E-state index contributed by atoms with van der Waals surface area (Å²) in [6.07, 6.45) is 1.25. The number of alkyl halides is 3. The summed E-state index contributed by atoms with van der Waals surface area (Å²) in [4.78, 5) is 5.93. The second kappa shape index (κ2) is 8.93. The lowest BCUT2D eigenvalue weighted by molar-refractivity contribution is -0.137. The summed E-state index contributed by atoms with van der Waals surface area (Å²) < 4.78 is 43.8. The molecule has 34 heavy (non-hydrogen) atoms. The average molecular weight is 463 g/mol. The Bertz CT molecular complexity index is 1300. The third-order valence-corrected chi connectivity index (χ3v) is 6.43. The number of hydrogen-bond acceptors (Lipinski definition) is 2. The van der Waals surface area contributed by atoms with Crippen molar-refractivity contribution in [1.82, 2.24) is 9.88 Å². The average Bonchev–Trinajstić information content (AvgIpc) is 3.22. The molecule has 1 unspecified atom stereocenters. The number of nitrogens with zero attached hydrogens (tertiary/aromatic N) is 1. The van der Waals surface area contributed by atoms with Gasteiger partial charge in [0.05, 0.1) is 18.7 Å². The first kappa shape index (κ1) is 22.1. The number of rotatable bonds is 5. The first-order chi connectivity index (χ1) is 16.4. The minimum absolute atomic E-state index is 0.00547. The number of aromatic nitrogens is 1. The van der Waals surface area contributed by atoms with Crippen LogP contribution in [0.1, 0.15) is 34.0 Å². The lowest BCUT2D eigenvalue weighted by atomic mass is 9.92. The molecular formula is C28H25F3N2O. The number of hydrogen-bond donors (Lipinski definition) is 1. The van der Waals surface area contributed by atoms with E-state index in [4.69, 9.17) is 4.74 Å². The van der Waals surface area contributed by atoms with E-state index in [1.54, 1.807) is 19.2 Å². The Labute approximate surface area is 196 Å². The van der Waals surface area contributed by atoms with Crippen LogP contribution in [-0.4, -0.2) is 23.5 Å². The molecule has 1 aliphatic rings. The molecule has 1 aromatic heterocycles. The fourth-order valence-corrected chi connectivity index (χ4v) is 4.72. The largest absolute Gasteiger partial charge is 0.497 e. The Morgan fingerprint density at radius 2 is 1.74 bits per heavy atom.